The second-order valence-electron chi connectivity index (χ2n) is 8.12. The van der Waals surface area contributed by atoms with Gasteiger partial charge in [-0.15, -0.1) is 9.42 Å². The lowest BCUT2D eigenvalue weighted by molar-refractivity contribution is 0.255. The Morgan fingerprint density at radius 3 is 2.42 bits per heavy atom. The molecule has 1 N–H and O–H groups in total. The highest BCUT2D eigenvalue weighted by Crippen LogP contribution is 2.45. The number of nitrogens with zero attached hydrogens (tertiary/aromatic N) is 3. The molecule has 9 nitrogen and oxygen atoms in total. The maximum absolute atomic E-state index is 11.8. The molecule has 31 heavy (non-hydrogen) atoms. The van der Waals surface area contributed by atoms with Crippen molar-refractivity contribution in [2.24, 2.45) is 0 Å². The van der Waals surface area contributed by atoms with E-state index in [-0.39, 0.29) is 30.1 Å². The van der Waals surface area contributed by atoms with Crippen LogP contribution >= 0.6 is 8.25 Å². The van der Waals surface area contributed by atoms with Crippen molar-refractivity contribution >= 4 is 18.1 Å². The van der Waals surface area contributed by atoms with E-state index < -0.39 is 18.1 Å². The van der Waals surface area contributed by atoms with E-state index in [0.29, 0.717) is 28.5 Å². The lowest BCUT2D eigenvalue weighted by Crippen LogP contribution is -2.39. The Labute approximate surface area is 181 Å². The summed E-state index contributed by atoms with van der Waals surface area (Å²) < 4.78 is 47.5. The first kappa shape index (κ1) is 21.9. The van der Waals surface area contributed by atoms with Crippen molar-refractivity contribution in [2.75, 3.05) is 11.5 Å². The summed E-state index contributed by atoms with van der Waals surface area (Å²) in [4.78, 5) is 9.17. The molecular formula is C20H23N3O6PS+. The summed E-state index contributed by atoms with van der Waals surface area (Å²) in [5.74, 6) is 1.06. The molecule has 2 fully saturated rings. The molecule has 164 valence electrons. The highest BCUT2D eigenvalue weighted by Gasteiger charge is 2.40. The Balaban J connectivity index is 1.78. The first-order valence-corrected chi connectivity index (χ1v) is 12.9. The quantitative estimate of drug-likeness (QED) is 0.615. The molecule has 11 heteroatoms. The summed E-state index contributed by atoms with van der Waals surface area (Å²) in [5, 5.41) is 14.0. The molecule has 4 rings (SSSR count). The molecule has 1 saturated heterocycles. The van der Waals surface area contributed by atoms with Crippen molar-refractivity contribution in [1.29, 1.82) is 5.26 Å². The van der Waals surface area contributed by atoms with Crippen LogP contribution in [0.15, 0.2) is 12.1 Å². The molecule has 1 atom stereocenters. The van der Waals surface area contributed by atoms with Crippen molar-refractivity contribution in [3.63, 3.8) is 0 Å². The van der Waals surface area contributed by atoms with Crippen LogP contribution in [0, 0.1) is 25.2 Å². The molecule has 1 aromatic carbocycles. The molecule has 0 bridgehead atoms. The maximum Gasteiger partial charge on any atom is 0.695 e. The summed E-state index contributed by atoms with van der Waals surface area (Å²) in [6.07, 6.45) is 2.95. The average molecular weight is 464 g/mol. The molecule has 1 unspecified atom stereocenters. The number of aryl methyl sites for hydroxylation is 2. The predicted octanol–water partition coefficient (Wildman–Crippen LogP) is 3.57. The summed E-state index contributed by atoms with van der Waals surface area (Å²) in [7, 11) is -5.95. The van der Waals surface area contributed by atoms with Crippen LogP contribution in [0.3, 0.4) is 0 Å². The molecule has 0 amide bonds. The summed E-state index contributed by atoms with van der Waals surface area (Å²) >= 11 is 0. The van der Waals surface area contributed by atoms with Crippen LogP contribution in [0.4, 0.5) is 0 Å². The third-order valence-electron chi connectivity index (χ3n) is 5.87. The Bertz CT molecular complexity index is 1160. The second-order valence-corrected chi connectivity index (χ2v) is 11.0. The number of benzene rings is 1. The molecule has 0 spiro atoms. The lowest BCUT2D eigenvalue weighted by Gasteiger charge is -2.27. The number of hydrogen-bond donors (Lipinski definition) is 1. The Morgan fingerprint density at radius 1 is 1.29 bits per heavy atom. The van der Waals surface area contributed by atoms with Crippen LogP contribution in [0.2, 0.25) is 0 Å². The third-order valence-corrected chi connectivity index (χ3v) is 8.00. The number of rotatable bonds is 7. The van der Waals surface area contributed by atoms with E-state index in [1.54, 1.807) is 16.8 Å². The smallest absolute Gasteiger partial charge is 0.453 e. The molecular weight excluding hydrogens is 441 g/mol. The molecule has 2 aromatic rings. The molecule has 1 aromatic heterocycles. The van der Waals surface area contributed by atoms with Gasteiger partial charge in [-0.1, -0.05) is 6.42 Å². The predicted molar refractivity (Wildman–Crippen MR) is 112 cm³/mol. The number of nitriles is 1. The van der Waals surface area contributed by atoms with E-state index >= 15 is 0 Å². The first-order chi connectivity index (χ1) is 14.7. The van der Waals surface area contributed by atoms with Gasteiger partial charge < -0.3 is 4.74 Å². The Morgan fingerprint density at radius 2 is 1.94 bits per heavy atom. The minimum absolute atomic E-state index is 0.0361. The molecule has 2 heterocycles. The monoisotopic (exact) mass is 464 g/mol. The zero-order chi connectivity index (χ0) is 22.3. The third kappa shape index (κ3) is 4.37. The fourth-order valence-corrected chi connectivity index (χ4v) is 5.63. The molecule has 1 aliphatic carbocycles. The van der Waals surface area contributed by atoms with Crippen LogP contribution in [-0.4, -0.2) is 34.6 Å². The van der Waals surface area contributed by atoms with Crippen LogP contribution in [0.25, 0.3) is 0 Å². The second kappa shape index (κ2) is 8.32. The Kier molecular flexibility index (Phi) is 5.88. The van der Waals surface area contributed by atoms with Crippen molar-refractivity contribution in [3.8, 4) is 17.6 Å². The van der Waals surface area contributed by atoms with Gasteiger partial charge in [-0.2, -0.15) is 10.4 Å². The van der Waals surface area contributed by atoms with E-state index in [2.05, 4.69) is 6.07 Å². The number of hydrogen-bond acceptors (Lipinski definition) is 7. The molecule has 0 radical (unpaired) electrons. The van der Waals surface area contributed by atoms with Gasteiger partial charge >= 0.3 is 8.25 Å². The van der Waals surface area contributed by atoms with Crippen LogP contribution in [0.5, 0.6) is 11.5 Å². The van der Waals surface area contributed by atoms with Crippen LogP contribution in [0.1, 0.15) is 59.3 Å². The van der Waals surface area contributed by atoms with Crippen molar-refractivity contribution in [2.45, 2.75) is 51.7 Å². The standard InChI is InChI=1S/C20H22N3O6PS/c1-12-6-16(7-13(2)17(12)8-21)29-20-18(9-28-30(24)25)23(15-10-31(26,27)11-15)22-19(20)14-4-3-5-14/h6-7,14-15H,3-5,9-11H2,1-2H3/p+1. The first-order valence-electron chi connectivity index (χ1n) is 9.98. The van der Waals surface area contributed by atoms with Crippen LogP contribution in [-0.2, 0) is 25.5 Å². The summed E-state index contributed by atoms with van der Waals surface area (Å²) in [5.41, 5.74) is 3.29. The van der Waals surface area contributed by atoms with E-state index in [1.165, 1.54) is 0 Å². The van der Waals surface area contributed by atoms with E-state index in [0.717, 1.165) is 30.4 Å². The van der Waals surface area contributed by atoms with Gasteiger partial charge in [-0.05, 0) is 49.9 Å². The zero-order valence-electron chi connectivity index (χ0n) is 17.2. The van der Waals surface area contributed by atoms with E-state index in [9.17, 15) is 23.1 Å². The summed E-state index contributed by atoms with van der Waals surface area (Å²) in [6.45, 7) is 3.42. The van der Waals surface area contributed by atoms with Gasteiger partial charge in [-0.25, -0.2) is 8.42 Å². The maximum atomic E-state index is 11.8. The van der Waals surface area contributed by atoms with Gasteiger partial charge in [-0.3, -0.25) is 4.68 Å². The molecule has 1 aliphatic heterocycles. The van der Waals surface area contributed by atoms with Crippen molar-refractivity contribution in [1.82, 2.24) is 9.78 Å². The Hall–Kier alpha value is -2.31. The fourth-order valence-electron chi connectivity index (χ4n) is 4.04. The van der Waals surface area contributed by atoms with Gasteiger partial charge in [0, 0.05) is 10.5 Å². The van der Waals surface area contributed by atoms with Gasteiger partial charge in [0.25, 0.3) is 0 Å². The molecule has 1 saturated carbocycles. The average Bonchev–Trinajstić information content (AvgIpc) is 2.94. The van der Waals surface area contributed by atoms with Crippen molar-refractivity contribution in [3.05, 3.63) is 40.2 Å². The minimum atomic E-state index is -3.10. The van der Waals surface area contributed by atoms with Gasteiger partial charge in [0.1, 0.15) is 17.1 Å². The van der Waals surface area contributed by atoms with Gasteiger partial charge in [0.15, 0.2) is 22.2 Å². The molecule has 2 aliphatic rings. The minimum Gasteiger partial charge on any atom is -0.453 e. The van der Waals surface area contributed by atoms with Gasteiger partial charge in [0.05, 0.1) is 29.2 Å². The zero-order valence-corrected chi connectivity index (χ0v) is 18.9. The highest BCUT2D eigenvalue weighted by atomic mass is 32.2. The van der Waals surface area contributed by atoms with E-state index in [4.69, 9.17) is 14.4 Å². The van der Waals surface area contributed by atoms with Gasteiger partial charge in [0.2, 0.25) is 0 Å². The SMILES string of the molecule is Cc1cc(Oc2c(C3CCC3)nn(C3CS(=O)(=O)C3)c2CO[P+](=O)O)cc(C)c1C#N. The number of sulfone groups is 1. The largest absolute Gasteiger partial charge is 0.695 e. The number of ether oxygens (including phenoxy) is 1. The highest BCUT2D eigenvalue weighted by molar-refractivity contribution is 7.92. The summed E-state index contributed by atoms with van der Waals surface area (Å²) in [6, 6.07) is 5.34. The van der Waals surface area contributed by atoms with Crippen molar-refractivity contribution < 1.29 is 27.1 Å². The number of aromatic nitrogens is 2. The topological polar surface area (TPSA) is 132 Å². The normalized spacial score (nSPS) is 18.7. The lowest BCUT2D eigenvalue weighted by atomic mass is 9.82. The fraction of sp³-hybridized carbons (Fsp3) is 0.500. The van der Waals surface area contributed by atoms with Crippen LogP contribution < -0.4 is 4.74 Å². The van der Waals surface area contributed by atoms with E-state index in [1.807, 2.05) is 13.8 Å².